The van der Waals surface area contributed by atoms with Crippen LogP contribution in [0.4, 0.5) is 0 Å². The summed E-state index contributed by atoms with van der Waals surface area (Å²) in [5, 5.41) is 3.64. The van der Waals surface area contributed by atoms with E-state index in [1.165, 1.54) is 25.8 Å². The van der Waals surface area contributed by atoms with Crippen LogP contribution in [0.15, 0.2) is 0 Å². The van der Waals surface area contributed by atoms with E-state index in [1.807, 2.05) is 0 Å². The molecule has 0 radical (unpaired) electrons. The predicted molar refractivity (Wildman–Crippen MR) is 65.1 cm³/mol. The average molecular weight is 210 g/mol. The molecule has 2 fully saturated rings. The first-order valence-corrected chi connectivity index (χ1v) is 6.55. The van der Waals surface area contributed by atoms with Crippen molar-refractivity contribution in [1.29, 1.82) is 0 Å². The van der Waals surface area contributed by atoms with E-state index in [9.17, 15) is 0 Å². The Labute approximate surface area is 94.4 Å². The van der Waals surface area contributed by atoms with Gasteiger partial charge >= 0.3 is 0 Å². The zero-order chi connectivity index (χ0) is 11.1. The lowest BCUT2D eigenvalue weighted by atomic mass is 9.91. The van der Waals surface area contributed by atoms with Crippen LogP contribution in [0.5, 0.6) is 0 Å². The Bertz CT molecular complexity index is 221. The van der Waals surface area contributed by atoms with Gasteiger partial charge in [-0.15, -0.1) is 0 Å². The van der Waals surface area contributed by atoms with Gasteiger partial charge in [-0.25, -0.2) is 0 Å². The van der Waals surface area contributed by atoms with E-state index in [0.29, 0.717) is 17.6 Å². The van der Waals surface area contributed by atoms with Gasteiger partial charge in [0, 0.05) is 30.7 Å². The smallest absolute Gasteiger partial charge is 0.0198 e. The summed E-state index contributed by atoms with van der Waals surface area (Å²) in [6, 6.07) is 1.41. The molecule has 2 rings (SSSR count). The molecule has 2 aliphatic rings. The fraction of sp³-hybridized carbons (Fsp3) is 1.00. The molecule has 1 heterocycles. The second-order valence-electron chi connectivity index (χ2n) is 5.94. The molecule has 2 unspecified atom stereocenters. The Morgan fingerprint density at radius 1 is 1.33 bits per heavy atom. The maximum atomic E-state index is 3.64. The SMILES string of the molecule is CCC1CN(C(C)(C)C2CC2)C(C)CN1. The van der Waals surface area contributed by atoms with E-state index in [4.69, 9.17) is 0 Å². The van der Waals surface area contributed by atoms with Crippen molar-refractivity contribution in [3.63, 3.8) is 0 Å². The predicted octanol–water partition coefficient (Wildman–Crippen LogP) is 2.25. The summed E-state index contributed by atoms with van der Waals surface area (Å²) >= 11 is 0. The molecule has 0 bridgehead atoms. The van der Waals surface area contributed by atoms with Crippen LogP contribution >= 0.6 is 0 Å². The van der Waals surface area contributed by atoms with Crippen LogP contribution in [0.1, 0.15) is 47.0 Å². The van der Waals surface area contributed by atoms with Crippen molar-refractivity contribution < 1.29 is 0 Å². The molecular weight excluding hydrogens is 184 g/mol. The van der Waals surface area contributed by atoms with Crippen molar-refractivity contribution in [3.05, 3.63) is 0 Å². The van der Waals surface area contributed by atoms with Gasteiger partial charge < -0.3 is 5.32 Å². The molecule has 88 valence electrons. The molecule has 0 aromatic carbocycles. The van der Waals surface area contributed by atoms with E-state index in [-0.39, 0.29) is 0 Å². The summed E-state index contributed by atoms with van der Waals surface area (Å²) in [6.07, 6.45) is 4.14. The first kappa shape index (κ1) is 11.4. The molecule has 1 saturated heterocycles. The number of rotatable bonds is 3. The van der Waals surface area contributed by atoms with Crippen LogP contribution < -0.4 is 5.32 Å². The summed E-state index contributed by atoms with van der Waals surface area (Å²) in [5.74, 6) is 0.954. The average Bonchev–Trinajstić information content (AvgIpc) is 3.01. The number of nitrogens with one attached hydrogen (secondary N) is 1. The lowest BCUT2D eigenvalue weighted by molar-refractivity contribution is 0.0238. The third-order valence-corrected chi connectivity index (χ3v) is 4.46. The molecule has 2 atom stereocenters. The molecule has 0 spiro atoms. The molecular formula is C13H26N2. The van der Waals surface area contributed by atoms with Gasteiger partial charge in [-0.3, -0.25) is 4.90 Å². The minimum absolute atomic E-state index is 0.426. The molecule has 1 aliphatic heterocycles. The Morgan fingerprint density at radius 3 is 2.53 bits per heavy atom. The van der Waals surface area contributed by atoms with Crippen molar-refractivity contribution in [2.45, 2.75) is 64.6 Å². The van der Waals surface area contributed by atoms with E-state index in [0.717, 1.165) is 12.5 Å². The Kier molecular flexibility index (Phi) is 3.09. The van der Waals surface area contributed by atoms with Crippen LogP contribution in [0, 0.1) is 5.92 Å². The summed E-state index contributed by atoms with van der Waals surface area (Å²) in [7, 11) is 0. The largest absolute Gasteiger partial charge is 0.311 e. The maximum absolute atomic E-state index is 3.64. The highest BCUT2D eigenvalue weighted by molar-refractivity contribution is 5.00. The molecule has 2 nitrogen and oxygen atoms in total. The minimum atomic E-state index is 0.426. The van der Waals surface area contributed by atoms with Gasteiger partial charge in [-0.05, 0) is 46.0 Å². The zero-order valence-electron chi connectivity index (χ0n) is 10.7. The molecule has 1 aliphatic carbocycles. The highest BCUT2D eigenvalue weighted by Gasteiger charge is 2.44. The third kappa shape index (κ3) is 2.21. The van der Waals surface area contributed by atoms with E-state index >= 15 is 0 Å². The normalized spacial score (nSPS) is 34.4. The number of piperazine rings is 1. The number of hydrogen-bond donors (Lipinski definition) is 1. The monoisotopic (exact) mass is 210 g/mol. The van der Waals surface area contributed by atoms with Crippen molar-refractivity contribution in [2.75, 3.05) is 13.1 Å². The van der Waals surface area contributed by atoms with Gasteiger partial charge in [0.2, 0.25) is 0 Å². The van der Waals surface area contributed by atoms with Gasteiger partial charge in [0.1, 0.15) is 0 Å². The van der Waals surface area contributed by atoms with Gasteiger partial charge in [0.25, 0.3) is 0 Å². The summed E-state index contributed by atoms with van der Waals surface area (Å²) in [5.41, 5.74) is 0.426. The highest BCUT2D eigenvalue weighted by Crippen LogP contribution is 2.43. The first-order valence-electron chi connectivity index (χ1n) is 6.55. The molecule has 15 heavy (non-hydrogen) atoms. The second kappa shape index (κ2) is 4.06. The van der Waals surface area contributed by atoms with Gasteiger partial charge in [0.15, 0.2) is 0 Å². The van der Waals surface area contributed by atoms with Crippen LogP contribution in [0.3, 0.4) is 0 Å². The lowest BCUT2D eigenvalue weighted by Crippen LogP contribution is -2.62. The highest BCUT2D eigenvalue weighted by atomic mass is 15.3. The molecule has 2 heteroatoms. The van der Waals surface area contributed by atoms with Gasteiger partial charge in [-0.1, -0.05) is 6.92 Å². The minimum Gasteiger partial charge on any atom is -0.311 e. The number of hydrogen-bond acceptors (Lipinski definition) is 2. The Hall–Kier alpha value is -0.0800. The second-order valence-corrected chi connectivity index (χ2v) is 5.94. The Balaban J connectivity index is 2.04. The van der Waals surface area contributed by atoms with Gasteiger partial charge in [-0.2, -0.15) is 0 Å². The van der Waals surface area contributed by atoms with E-state index < -0.39 is 0 Å². The summed E-state index contributed by atoms with van der Waals surface area (Å²) in [4.78, 5) is 2.75. The van der Waals surface area contributed by atoms with Crippen molar-refractivity contribution in [3.8, 4) is 0 Å². The maximum Gasteiger partial charge on any atom is 0.0198 e. The van der Waals surface area contributed by atoms with Crippen LogP contribution in [0.25, 0.3) is 0 Å². The van der Waals surface area contributed by atoms with Crippen LogP contribution in [0.2, 0.25) is 0 Å². The molecule has 0 aromatic rings. The van der Waals surface area contributed by atoms with E-state index in [2.05, 4.69) is 37.9 Å². The first-order chi connectivity index (χ1) is 7.05. The zero-order valence-corrected chi connectivity index (χ0v) is 10.7. The van der Waals surface area contributed by atoms with Crippen LogP contribution in [-0.2, 0) is 0 Å². The van der Waals surface area contributed by atoms with Gasteiger partial charge in [0.05, 0.1) is 0 Å². The lowest BCUT2D eigenvalue weighted by Gasteiger charge is -2.48. The van der Waals surface area contributed by atoms with Crippen molar-refractivity contribution in [1.82, 2.24) is 10.2 Å². The summed E-state index contributed by atoms with van der Waals surface area (Å²) < 4.78 is 0. The fourth-order valence-electron chi connectivity index (χ4n) is 3.03. The standard InChI is InChI=1S/C13H26N2/c1-5-12-9-15(10(2)8-14-12)13(3,4)11-6-7-11/h10-12,14H,5-9H2,1-4H3. The third-order valence-electron chi connectivity index (χ3n) is 4.46. The van der Waals surface area contributed by atoms with Crippen LogP contribution in [-0.4, -0.2) is 35.6 Å². The molecule has 1 saturated carbocycles. The molecule has 0 amide bonds. The molecule has 1 N–H and O–H groups in total. The van der Waals surface area contributed by atoms with E-state index in [1.54, 1.807) is 0 Å². The van der Waals surface area contributed by atoms with Crippen molar-refractivity contribution in [2.24, 2.45) is 5.92 Å². The van der Waals surface area contributed by atoms with Crippen molar-refractivity contribution >= 4 is 0 Å². The summed E-state index contributed by atoms with van der Waals surface area (Å²) in [6.45, 7) is 11.9. The topological polar surface area (TPSA) is 15.3 Å². The fourth-order valence-corrected chi connectivity index (χ4v) is 3.03. The Morgan fingerprint density at radius 2 is 2.00 bits per heavy atom. The number of nitrogens with zero attached hydrogens (tertiary/aromatic N) is 1. The quantitative estimate of drug-likeness (QED) is 0.768. The molecule has 0 aromatic heterocycles.